The number of sulfonamides is 1. The number of nitro benzene ring substituents is 1. The Morgan fingerprint density at radius 1 is 1.03 bits per heavy atom. The predicted octanol–water partition coefficient (Wildman–Crippen LogP) is 1.03. The zero-order valence-electron chi connectivity index (χ0n) is 17.3. The van der Waals surface area contributed by atoms with Gasteiger partial charge >= 0.3 is 5.97 Å². The quantitative estimate of drug-likeness (QED) is 0.228. The normalized spacial score (nSPS) is 10.9. The van der Waals surface area contributed by atoms with Crippen LogP contribution in [0.4, 0.5) is 5.69 Å². The molecule has 0 heterocycles. The Hall–Kier alpha value is -3.64. The van der Waals surface area contributed by atoms with Crippen molar-refractivity contribution in [2.75, 3.05) is 19.7 Å². The summed E-state index contributed by atoms with van der Waals surface area (Å²) in [6.07, 6.45) is 0. The number of ether oxygens (including phenoxy) is 1. The van der Waals surface area contributed by atoms with Gasteiger partial charge in [-0.05, 0) is 26.0 Å². The molecule has 0 bridgehead atoms. The first-order chi connectivity index (χ1) is 15.0. The number of Topliss-reactive ketones (excluding diaryl/α,β-unsaturated/α-hetero) is 1. The third kappa shape index (κ3) is 6.96. The predicted molar refractivity (Wildman–Crippen MR) is 113 cm³/mol. The summed E-state index contributed by atoms with van der Waals surface area (Å²) >= 11 is 0. The van der Waals surface area contributed by atoms with Crippen LogP contribution < -0.4 is 10.0 Å². The maximum Gasteiger partial charge on any atom is 0.325 e. The Bertz CT molecular complexity index is 1140. The highest BCUT2D eigenvalue weighted by Crippen LogP contribution is 2.19. The molecule has 2 aromatic carbocycles. The minimum atomic E-state index is -3.90. The van der Waals surface area contributed by atoms with Crippen LogP contribution in [0.15, 0.2) is 47.4 Å². The highest BCUT2D eigenvalue weighted by atomic mass is 32.2. The maximum absolute atomic E-state index is 12.1. The van der Waals surface area contributed by atoms with Crippen LogP contribution in [0.1, 0.15) is 21.5 Å². The number of nitrogens with one attached hydrogen (secondary N) is 2. The molecule has 170 valence electrons. The minimum Gasteiger partial charge on any atom is -0.456 e. The molecule has 0 aliphatic heterocycles. The van der Waals surface area contributed by atoms with Crippen LogP contribution >= 0.6 is 0 Å². The van der Waals surface area contributed by atoms with E-state index in [9.17, 15) is 32.9 Å². The molecule has 0 atom stereocenters. The van der Waals surface area contributed by atoms with Gasteiger partial charge in [-0.1, -0.05) is 29.8 Å². The Labute approximate surface area is 184 Å². The molecule has 1 amide bonds. The molecule has 0 spiro atoms. The number of ketones is 1. The number of benzene rings is 2. The molecule has 0 radical (unpaired) electrons. The number of aryl methyl sites for hydroxylation is 2. The van der Waals surface area contributed by atoms with E-state index in [1.54, 1.807) is 19.1 Å². The Morgan fingerprint density at radius 2 is 1.69 bits per heavy atom. The number of amides is 1. The second-order valence-electron chi connectivity index (χ2n) is 6.76. The van der Waals surface area contributed by atoms with Gasteiger partial charge in [0, 0.05) is 17.2 Å². The largest absolute Gasteiger partial charge is 0.456 e. The van der Waals surface area contributed by atoms with Crippen LogP contribution in [0.2, 0.25) is 0 Å². The first-order valence-corrected chi connectivity index (χ1v) is 10.7. The van der Waals surface area contributed by atoms with Gasteiger partial charge in [0.2, 0.25) is 21.7 Å². The van der Waals surface area contributed by atoms with Gasteiger partial charge in [-0.15, -0.1) is 0 Å². The number of esters is 1. The number of rotatable bonds is 10. The molecule has 0 unspecified atom stereocenters. The summed E-state index contributed by atoms with van der Waals surface area (Å²) in [6.45, 7) is 1.46. The number of carbonyl (C=O) groups is 3. The van der Waals surface area contributed by atoms with Crippen molar-refractivity contribution in [2.45, 2.75) is 18.7 Å². The molecule has 32 heavy (non-hydrogen) atoms. The molecular formula is C20H21N3O8S. The first kappa shape index (κ1) is 24.6. The molecule has 0 saturated heterocycles. The Balaban J connectivity index is 1.78. The average Bonchev–Trinajstić information content (AvgIpc) is 2.75. The lowest BCUT2D eigenvalue weighted by Gasteiger charge is -2.08. The van der Waals surface area contributed by atoms with Crippen LogP contribution in [0.5, 0.6) is 0 Å². The van der Waals surface area contributed by atoms with E-state index in [1.165, 1.54) is 31.2 Å². The summed E-state index contributed by atoms with van der Waals surface area (Å²) in [7, 11) is -3.90. The van der Waals surface area contributed by atoms with Crippen LogP contribution in [-0.4, -0.2) is 50.7 Å². The van der Waals surface area contributed by atoms with Gasteiger partial charge in [-0.25, -0.2) is 13.1 Å². The van der Waals surface area contributed by atoms with Crippen molar-refractivity contribution in [3.8, 4) is 0 Å². The van der Waals surface area contributed by atoms with Gasteiger partial charge in [0.15, 0.2) is 6.61 Å². The lowest BCUT2D eigenvalue weighted by molar-refractivity contribution is -0.385. The Kier molecular flexibility index (Phi) is 8.15. The third-order valence-electron chi connectivity index (χ3n) is 4.28. The molecule has 2 N–H and O–H groups in total. The van der Waals surface area contributed by atoms with Crippen LogP contribution in [0.3, 0.4) is 0 Å². The number of hydrogen-bond acceptors (Lipinski definition) is 8. The van der Waals surface area contributed by atoms with Crippen molar-refractivity contribution in [1.82, 2.24) is 10.0 Å². The monoisotopic (exact) mass is 463 g/mol. The van der Waals surface area contributed by atoms with Crippen molar-refractivity contribution in [3.63, 3.8) is 0 Å². The summed E-state index contributed by atoms with van der Waals surface area (Å²) in [5, 5.41) is 13.1. The van der Waals surface area contributed by atoms with Crippen molar-refractivity contribution >= 4 is 33.4 Å². The van der Waals surface area contributed by atoms with Crippen LogP contribution in [0.25, 0.3) is 0 Å². The molecule has 0 aliphatic rings. The van der Waals surface area contributed by atoms with Gasteiger partial charge in [0.05, 0.1) is 16.4 Å². The highest BCUT2D eigenvalue weighted by molar-refractivity contribution is 7.89. The molecular weight excluding hydrogens is 442 g/mol. The number of nitro groups is 1. The van der Waals surface area contributed by atoms with Gasteiger partial charge in [-0.3, -0.25) is 24.5 Å². The lowest BCUT2D eigenvalue weighted by Crippen LogP contribution is -2.39. The van der Waals surface area contributed by atoms with E-state index in [0.29, 0.717) is 5.56 Å². The summed E-state index contributed by atoms with van der Waals surface area (Å²) in [4.78, 5) is 45.9. The SMILES string of the molecule is Cc1ccc(S(=O)(=O)NCC(=O)NCC(=O)OCC(=O)c2ccc(C)c([N+](=O)[O-])c2)cc1. The van der Waals surface area contributed by atoms with E-state index >= 15 is 0 Å². The molecule has 2 rings (SSSR count). The van der Waals surface area contributed by atoms with E-state index in [2.05, 4.69) is 10.0 Å². The highest BCUT2D eigenvalue weighted by Gasteiger charge is 2.18. The summed E-state index contributed by atoms with van der Waals surface area (Å²) < 4.78 is 31.1. The van der Waals surface area contributed by atoms with E-state index in [0.717, 1.165) is 11.6 Å². The molecule has 0 fully saturated rings. The van der Waals surface area contributed by atoms with Gasteiger partial charge in [0.25, 0.3) is 5.69 Å². The second-order valence-corrected chi connectivity index (χ2v) is 8.52. The number of hydrogen-bond donors (Lipinski definition) is 2. The van der Waals surface area contributed by atoms with Crippen molar-refractivity contribution < 1.29 is 32.5 Å². The maximum atomic E-state index is 12.1. The summed E-state index contributed by atoms with van der Waals surface area (Å²) in [5.41, 5.74) is 1.02. The number of nitrogens with zero attached hydrogens (tertiary/aromatic N) is 1. The fourth-order valence-corrected chi connectivity index (χ4v) is 3.44. The first-order valence-electron chi connectivity index (χ1n) is 9.26. The standard InChI is InChI=1S/C20H21N3O8S/c1-13-3-7-16(8-4-13)32(29,30)22-10-19(25)21-11-20(26)31-12-18(24)15-6-5-14(2)17(9-15)23(27)28/h3-9,22H,10-12H2,1-2H3,(H,21,25). The fraction of sp³-hybridized carbons (Fsp3) is 0.250. The Morgan fingerprint density at radius 3 is 2.31 bits per heavy atom. The summed E-state index contributed by atoms with van der Waals surface area (Å²) in [5.74, 6) is -2.37. The van der Waals surface area contributed by atoms with E-state index in [-0.39, 0.29) is 16.1 Å². The van der Waals surface area contributed by atoms with Gasteiger partial charge in [-0.2, -0.15) is 0 Å². The average molecular weight is 463 g/mol. The van der Waals surface area contributed by atoms with E-state index < -0.39 is 52.3 Å². The zero-order valence-corrected chi connectivity index (χ0v) is 18.1. The fourth-order valence-electron chi connectivity index (χ4n) is 2.45. The molecule has 0 aliphatic carbocycles. The van der Waals surface area contributed by atoms with Gasteiger partial charge < -0.3 is 10.1 Å². The van der Waals surface area contributed by atoms with Crippen molar-refractivity contribution in [2.24, 2.45) is 0 Å². The van der Waals surface area contributed by atoms with Crippen LogP contribution in [-0.2, 0) is 24.3 Å². The molecule has 0 saturated carbocycles. The third-order valence-corrected chi connectivity index (χ3v) is 5.69. The minimum absolute atomic E-state index is 0.00430. The molecule has 11 nitrogen and oxygen atoms in total. The molecule has 0 aromatic heterocycles. The van der Waals surface area contributed by atoms with Crippen molar-refractivity contribution in [1.29, 1.82) is 0 Å². The molecule has 2 aromatic rings. The van der Waals surface area contributed by atoms with Crippen LogP contribution in [0, 0.1) is 24.0 Å². The zero-order chi connectivity index (χ0) is 23.9. The smallest absolute Gasteiger partial charge is 0.325 e. The van der Waals surface area contributed by atoms with Crippen molar-refractivity contribution in [3.05, 3.63) is 69.3 Å². The lowest BCUT2D eigenvalue weighted by atomic mass is 10.1. The second kappa shape index (κ2) is 10.6. The van der Waals surface area contributed by atoms with E-state index in [4.69, 9.17) is 4.74 Å². The molecule has 12 heteroatoms. The number of carbonyl (C=O) groups excluding carboxylic acids is 3. The van der Waals surface area contributed by atoms with E-state index in [1.807, 2.05) is 0 Å². The van der Waals surface area contributed by atoms with Gasteiger partial charge in [0.1, 0.15) is 6.54 Å². The topological polar surface area (TPSA) is 162 Å². The summed E-state index contributed by atoms with van der Waals surface area (Å²) in [6, 6.07) is 9.89.